The maximum Gasteiger partial charge on any atom is 0.244 e. The van der Waals surface area contributed by atoms with E-state index in [1.807, 2.05) is 37.3 Å². The van der Waals surface area contributed by atoms with Crippen LogP contribution >= 0.6 is 0 Å². The van der Waals surface area contributed by atoms with Crippen LogP contribution in [0.3, 0.4) is 0 Å². The second kappa shape index (κ2) is 11.3. The summed E-state index contributed by atoms with van der Waals surface area (Å²) in [7, 11) is 2.05. The van der Waals surface area contributed by atoms with Crippen molar-refractivity contribution in [3.05, 3.63) is 94.3 Å². The van der Waals surface area contributed by atoms with E-state index in [0.717, 1.165) is 32.7 Å². The number of hydrogen-bond donors (Lipinski definition) is 1. The van der Waals surface area contributed by atoms with Crippen molar-refractivity contribution in [2.24, 2.45) is 5.10 Å². The zero-order valence-electron chi connectivity index (χ0n) is 21.0. The number of hydrazone groups is 1. The van der Waals surface area contributed by atoms with E-state index in [1.165, 1.54) is 18.3 Å². The Balaban J connectivity index is 1.57. The Hall–Kier alpha value is -4.04. The molecule has 1 aliphatic rings. The van der Waals surface area contributed by atoms with Crippen molar-refractivity contribution in [3.8, 4) is 11.5 Å². The molecule has 0 radical (unpaired) electrons. The first-order valence-electron chi connectivity index (χ1n) is 11.5. The first kappa shape index (κ1) is 26.0. The smallest absolute Gasteiger partial charge is 0.244 e. The number of fused-ring (bicyclic) bond motifs is 1. The van der Waals surface area contributed by atoms with Gasteiger partial charge in [0.25, 0.3) is 0 Å². The quantitative estimate of drug-likeness (QED) is 0.318. The van der Waals surface area contributed by atoms with E-state index in [9.17, 15) is 13.4 Å². The maximum absolute atomic E-state index is 14.2. The molecule has 37 heavy (non-hydrogen) atoms. The highest BCUT2D eigenvalue weighted by molar-refractivity contribution is 7.84. The normalized spacial score (nSPS) is 14.7. The van der Waals surface area contributed by atoms with Crippen LogP contribution in [0, 0.1) is 5.82 Å². The monoisotopic (exact) mass is 518 g/mol. The fourth-order valence-electron chi connectivity index (χ4n) is 4.20. The summed E-state index contributed by atoms with van der Waals surface area (Å²) in [5.41, 5.74) is 8.23. The highest BCUT2D eigenvalue weighted by Crippen LogP contribution is 2.43. The van der Waals surface area contributed by atoms with Crippen LogP contribution in [0.4, 0.5) is 4.39 Å². The summed E-state index contributed by atoms with van der Waals surface area (Å²) in [5.74, 6) is 0.506. The molecule has 0 fully saturated rings. The predicted molar refractivity (Wildman–Crippen MR) is 146 cm³/mol. The SMILES string of the molecule is COc1ccc(C=NNC(=O)CC2=C(C)/C(=C/c3ccc(S(C)=O)cc3)c3ccc(F)cc32)c(OC)c1. The molecule has 0 spiro atoms. The van der Waals surface area contributed by atoms with Gasteiger partial charge in [-0.3, -0.25) is 9.00 Å². The molecule has 190 valence electrons. The number of methoxy groups -OCH3 is 2. The highest BCUT2D eigenvalue weighted by Gasteiger charge is 2.25. The van der Waals surface area contributed by atoms with Crippen LogP contribution in [-0.4, -0.2) is 36.8 Å². The summed E-state index contributed by atoms with van der Waals surface area (Å²) >= 11 is 0. The second-order valence-corrected chi connectivity index (χ2v) is 9.83. The molecule has 4 rings (SSSR count). The highest BCUT2D eigenvalue weighted by atomic mass is 32.2. The van der Waals surface area contributed by atoms with E-state index in [1.54, 1.807) is 44.7 Å². The summed E-state index contributed by atoms with van der Waals surface area (Å²) in [6.45, 7) is 1.92. The molecule has 0 aromatic heterocycles. The molecule has 0 heterocycles. The lowest BCUT2D eigenvalue weighted by Gasteiger charge is -2.07. The van der Waals surface area contributed by atoms with Crippen LogP contribution in [0.1, 0.15) is 35.6 Å². The molecule has 1 atom stereocenters. The van der Waals surface area contributed by atoms with E-state index in [0.29, 0.717) is 22.6 Å². The molecule has 3 aromatic rings. The molecule has 0 aliphatic heterocycles. The summed E-state index contributed by atoms with van der Waals surface area (Å²) in [6, 6.07) is 17.3. The molecular formula is C29H27FN2O4S. The van der Waals surface area contributed by atoms with E-state index < -0.39 is 10.8 Å². The van der Waals surface area contributed by atoms with Gasteiger partial charge in [0.2, 0.25) is 5.91 Å². The van der Waals surface area contributed by atoms with Crippen molar-refractivity contribution >= 4 is 40.1 Å². The topological polar surface area (TPSA) is 77.0 Å². The molecule has 3 aromatic carbocycles. The van der Waals surface area contributed by atoms with Gasteiger partial charge in [-0.1, -0.05) is 18.2 Å². The minimum Gasteiger partial charge on any atom is -0.497 e. The molecule has 1 unspecified atom stereocenters. The van der Waals surface area contributed by atoms with Crippen LogP contribution in [0.2, 0.25) is 0 Å². The summed E-state index contributed by atoms with van der Waals surface area (Å²) in [5, 5.41) is 4.07. The van der Waals surface area contributed by atoms with Crippen molar-refractivity contribution in [1.82, 2.24) is 5.43 Å². The predicted octanol–water partition coefficient (Wildman–Crippen LogP) is 5.45. The largest absolute Gasteiger partial charge is 0.497 e. The van der Waals surface area contributed by atoms with Gasteiger partial charge < -0.3 is 9.47 Å². The fourth-order valence-corrected chi connectivity index (χ4v) is 4.72. The molecule has 0 bridgehead atoms. The number of allylic oxidation sites excluding steroid dienone is 2. The average Bonchev–Trinajstić information content (AvgIpc) is 3.14. The molecule has 8 heteroatoms. The van der Waals surface area contributed by atoms with Gasteiger partial charge in [0.15, 0.2) is 0 Å². The van der Waals surface area contributed by atoms with E-state index in [4.69, 9.17) is 9.47 Å². The molecule has 0 saturated heterocycles. The molecule has 1 amide bonds. The van der Waals surface area contributed by atoms with Crippen LogP contribution in [0.15, 0.2) is 76.2 Å². The van der Waals surface area contributed by atoms with Crippen molar-refractivity contribution in [1.29, 1.82) is 0 Å². The van der Waals surface area contributed by atoms with Crippen LogP contribution < -0.4 is 14.9 Å². The minimum atomic E-state index is -1.06. The van der Waals surface area contributed by atoms with Gasteiger partial charge in [0, 0.05) is 33.6 Å². The van der Waals surface area contributed by atoms with E-state index in [2.05, 4.69) is 10.5 Å². The third kappa shape index (κ3) is 5.86. The number of amides is 1. The molecule has 1 aliphatic carbocycles. The zero-order valence-corrected chi connectivity index (χ0v) is 21.8. The minimum absolute atomic E-state index is 0.0322. The summed E-state index contributed by atoms with van der Waals surface area (Å²) < 4.78 is 36.4. The fraction of sp³-hybridized carbons (Fsp3) is 0.172. The van der Waals surface area contributed by atoms with Crippen LogP contribution in [-0.2, 0) is 15.6 Å². The first-order valence-corrected chi connectivity index (χ1v) is 13.1. The Bertz CT molecular complexity index is 1460. The number of hydrogen-bond acceptors (Lipinski definition) is 5. The Morgan fingerprint density at radius 3 is 2.46 bits per heavy atom. The van der Waals surface area contributed by atoms with Gasteiger partial charge in [0.1, 0.15) is 17.3 Å². The third-order valence-electron chi connectivity index (χ3n) is 6.15. The van der Waals surface area contributed by atoms with Crippen LogP contribution in [0.25, 0.3) is 17.2 Å². The molecular weight excluding hydrogens is 491 g/mol. The van der Waals surface area contributed by atoms with Gasteiger partial charge in [-0.25, -0.2) is 9.82 Å². The number of rotatable bonds is 8. The van der Waals surface area contributed by atoms with Crippen molar-refractivity contribution in [2.75, 3.05) is 20.5 Å². The van der Waals surface area contributed by atoms with Crippen molar-refractivity contribution < 1.29 is 22.9 Å². The summed E-state index contributed by atoms with van der Waals surface area (Å²) in [6.07, 6.45) is 5.16. The number of carbonyl (C=O) groups is 1. The first-order chi connectivity index (χ1) is 17.8. The molecule has 0 saturated carbocycles. The van der Waals surface area contributed by atoms with Gasteiger partial charge in [0.05, 0.1) is 26.9 Å². The lowest BCUT2D eigenvalue weighted by Crippen LogP contribution is -2.17. The average molecular weight is 519 g/mol. The zero-order chi connectivity index (χ0) is 26.5. The second-order valence-electron chi connectivity index (χ2n) is 8.45. The molecule has 6 nitrogen and oxygen atoms in total. The Labute approximate surface area is 218 Å². The summed E-state index contributed by atoms with van der Waals surface area (Å²) in [4.78, 5) is 13.5. The third-order valence-corrected chi connectivity index (χ3v) is 7.08. The Morgan fingerprint density at radius 2 is 1.78 bits per heavy atom. The lowest BCUT2D eigenvalue weighted by molar-refractivity contribution is -0.120. The van der Waals surface area contributed by atoms with Gasteiger partial charge in [-0.15, -0.1) is 0 Å². The van der Waals surface area contributed by atoms with E-state index in [-0.39, 0.29) is 18.1 Å². The Morgan fingerprint density at radius 1 is 1.03 bits per heavy atom. The van der Waals surface area contributed by atoms with Crippen molar-refractivity contribution in [2.45, 2.75) is 18.2 Å². The van der Waals surface area contributed by atoms with E-state index >= 15 is 0 Å². The number of benzene rings is 3. The van der Waals surface area contributed by atoms with Gasteiger partial charge >= 0.3 is 0 Å². The number of nitrogens with one attached hydrogen (secondary N) is 1. The lowest BCUT2D eigenvalue weighted by atomic mass is 10.0. The number of halogens is 1. The molecule has 1 N–H and O–H groups in total. The Kier molecular flexibility index (Phi) is 7.98. The maximum atomic E-state index is 14.2. The van der Waals surface area contributed by atoms with Crippen molar-refractivity contribution in [3.63, 3.8) is 0 Å². The number of carbonyl (C=O) groups excluding carboxylic acids is 1. The van der Waals surface area contributed by atoms with Gasteiger partial charge in [-0.2, -0.15) is 5.10 Å². The van der Waals surface area contributed by atoms with Crippen LogP contribution in [0.5, 0.6) is 11.5 Å². The number of nitrogens with zero attached hydrogens (tertiary/aromatic N) is 1. The number of ether oxygens (including phenoxy) is 2. The van der Waals surface area contributed by atoms with Gasteiger partial charge in [-0.05, 0) is 82.8 Å². The standard InChI is InChI=1S/C29H27FN2O4S/c1-18-25(13-19-5-10-23(11-6-19)37(4)34)24-12-8-21(30)14-27(24)26(18)16-29(33)32-31-17-20-7-9-22(35-2)15-28(20)36-3/h5-15,17H,16H2,1-4H3,(H,32,33)/b25-13-,31-17?.